The summed E-state index contributed by atoms with van der Waals surface area (Å²) in [6, 6.07) is 9.85. The van der Waals surface area contributed by atoms with Gasteiger partial charge in [-0.2, -0.15) is 0 Å². The van der Waals surface area contributed by atoms with Crippen LogP contribution >= 0.6 is 0 Å². The van der Waals surface area contributed by atoms with Crippen LogP contribution in [0.4, 0.5) is 5.82 Å². The van der Waals surface area contributed by atoms with Gasteiger partial charge in [-0.25, -0.2) is 4.98 Å². The lowest BCUT2D eigenvalue weighted by atomic mass is 10.1. The van der Waals surface area contributed by atoms with Crippen LogP contribution in [0, 0.1) is 0 Å². The van der Waals surface area contributed by atoms with Gasteiger partial charge in [0.05, 0.1) is 17.7 Å². The van der Waals surface area contributed by atoms with Gasteiger partial charge in [-0.15, -0.1) is 0 Å². The molecule has 2 heterocycles. The highest BCUT2D eigenvalue weighted by atomic mass is 16.3. The van der Waals surface area contributed by atoms with Gasteiger partial charge in [-0.05, 0) is 12.1 Å². The lowest BCUT2D eigenvalue weighted by molar-refractivity contribution is 0.0572. The minimum Gasteiger partial charge on any atom is -0.389 e. The number of anilines is 1. The summed E-state index contributed by atoms with van der Waals surface area (Å²) in [5.41, 5.74) is 7.78. The molecule has 0 bridgehead atoms. The molecule has 2 aromatic rings. The van der Waals surface area contributed by atoms with E-state index in [2.05, 4.69) is 4.98 Å². The van der Waals surface area contributed by atoms with Crippen molar-refractivity contribution < 1.29 is 10.2 Å². The van der Waals surface area contributed by atoms with Crippen molar-refractivity contribution in [3.63, 3.8) is 0 Å². The molecule has 1 aromatic heterocycles. The predicted octanol–water partition coefficient (Wildman–Crippen LogP) is 0.354. The number of β-amino-alcohol motifs (C(OH)–C–C–N with tert-alkyl or cyclic N) is 2. The fourth-order valence-corrected chi connectivity index (χ4v) is 2.52. The number of nitrogens with two attached hydrogens (primary N) is 1. The lowest BCUT2D eigenvalue weighted by Crippen LogP contribution is -2.22. The number of hydrogen-bond donors (Lipinski definition) is 3. The van der Waals surface area contributed by atoms with Crippen LogP contribution in [-0.2, 0) is 6.54 Å². The van der Waals surface area contributed by atoms with E-state index in [1.165, 1.54) is 0 Å². The van der Waals surface area contributed by atoms with E-state index in [0.29, 0.717) is 25.5 Å². The second-order valence-electron chi connectivity index (χ2n) is 5.05. The third-order valence-corrected chi connectivity index (χ3v) is 3.57. The van der Waals surface area contributed by atoms with E-state index in [0.717, 1.165) is 16.5 Å². The van der Waals surface area contributed by atoms with Crippen molar-refractivity contribution in [2.75, 3.05) is 18.8 Å². The van der Waals surface area contributed by atoms with Crippen molar-refractivity contribution in [3.8, 4) is 0 Å². The summed E-state index contributed by atoms with van der Waals surface area (Å²) in [7, 11) is 0. The summed E-state index contributed by atoms with van der Waals surface area (Å²) in [5.74, 6) is 0.509. The van der Waals surface area contributed by atoms with Crippen molar-refractivity contribution in [1.29, 1.82) is 0 Å². The molecular formula is C14H17N3O2. The highest BCUT2D eigenvalue weighted by Gasteiger charge is 2.29. The number of fused-ring (bicyclic) bond motifs is 1. The summed E-state index contributed by atoms with van der Waals surface area (Å²) in [5, 5.41) is 20.1. The fraction of sp³-hybridized carbons (Fsp3) is 0.357. The number of rotatable bonds is 2. The Morgan fingerprint density at radius 3 is 2.63 bits per heavy atom. The third-order valence-electron chi connectivity index (χ3n) is 3.57. The molecule has 0 aliphatic carbocycles. The molecule has 100 valence electrons. The number of nitrogens with zero attached hydrogens (tertiary/aromatic N) is 2. The van der Waals surface area contributed by atoms with Gasteiger partial charge in [-0.3, -0.25) is 4.90 Å². The molecule has 5 heteroatoms. The number of aromatic nitrogens is 1. The first kappa shape index (κ1) is 12.3. The monoisotopic (exact) mass is 259 g/mol. The molecule has 3 rings (SSSR count). The van der Waals surface area contributed by atoms with Crippen molar-refractivity contribution in [3.05, 3.63) is 35.9 Å². The van der Waals surface area contributed by atoms with Gasteiger partial charge in [0.1, 0.15) is 5.82 Å². The molecule has 2 atom stereocenters. The molecule has 0 amide bonds. The van der Waals surface area contributed by atoms with E-state index in [1.807, 2.05) is 35.2 Å². The highest BCUT2D eigenvalue weighted by Crippen LogP contribution is 2.21. The Bertz CT molecular complexity index is 592. The van der Waals surface area contributed by atoms with Crippen LogP contribution in [0.3, 0.4) is 0 Å². The molecular weight excluding hydrogens is 242 g/mol. The first-order chi connectivity index (χ1) is 9.13. The summed E-state index contributed by atoms with van der Waals surface area (Å²) >= 11 is 0. The van der Waals surface area contributed by atoms with Gasteiger partial charge in [-0.1, -0.05) is 18.2 Å². The maximum atomic E-state index is 9.55. The Morgan fingerprint density at radius 1 is 1.21 bits per heavy atom. The Kier molecular flexibility index (Phi) is 3.10. The van der Waals surface area contributed by atoms with E-state index in [-0.39, 0.29) is 0 Å². The molecule has 1 aromatic carbocycles. The SMILES string of the molecule is Nc1nc2ccccc2cc1CN1CC(O)C(O)C1. The number of nitrogen functional groups attached to an aromatic ring is 1. The largest absolute Gasteiger partial charge is 0.389 e. The molecule has 0 saturated carbocycles. The number of hydrogen-bond acceptors (Lipinski definition) is 5. The highest BCUT2D eigenvalue weighted by molar-refractivity contribution is 5.81. The minimum absolute atomic E-state index is 0.466. The molecule has 1 saturated heterocycles. The second kappa shape index (κ2) is 4.77. The number of pyridine rings is 1. The first-order valence-electron chi connectivity index (χ1n) is 6.36. The average Bonchev–Trinajstić information content (AvgIpc) is 2.69. The zero-order valence-electron chi connectivity index (χ0n) is 10.5. The Hall–Kier alpha value is -1.69. The molecule has 4 N–H and O–H groups in total. The average molecular weight is 259 g/mol. The quantitative estimate of drug-likeness (QED) is 0.725. The van der Waals surface area contributed by atoms with Gasteiger partial charge >= 0.3 is 0 Å². The zero-order valence-corrected chi connectivity index (χ0v) is 10.5. The van der Waals surface area contributed by atoms with Crippen LogP contribution in [0.1, 0.15) is 5.56 Å². The molecule has 1 aliphatic rings. The number of para-hydroxylation sites is 1. The Labute approximate surface area is 111 Å². The van der Waals surface area contributed by atoms with Crippen LogP contribution in [0.25, 0.3) is 10.9 Å². The topological polar surface area (TPSA) is 82.6 Å². The van der Waals surface area contributed by atoms with E-state index in [9.17, 15) is 10.2 Å². The van der Waals surface area contributed by atoms with Crippen LogP contribution in [0.5, 0.6) is 0 Å². The van der Waals surface area contributed by atoms with E-state index in [4.69, 9.17) is 5.73 Å². The zero-order chi connectivity index (χ0) is 13.4. The molecule has 0 radical (unpaired) electrons. The summed E-state index contributed by atoms with van der Waals surface area (Å²) in [6.07, 6.45) is -1.34. The predicted molar refractivity (Wildman–Crippen MR) is 73.4 cm³/mol. The smallest absolute Gasteiger partial charge is 0.128 e. The second-order valence-corrected chi connectivity index (χ2v) is 5.05. The Balaban J connectivity index is 1.87. The van der Waals surface area contributed by atoms with Crippen LogP contribution in [0.15, 0.2) is 30.3 Å². The Morgan fingerprint density at radius 2 is 1.89 bits per heavy atom. The fourth-order valence-electron chi connectivity index (χ4n) is 2.52. The van der Waals surface area contributed by atoms with Gasteiger partial charge in [0, 0.05) is 30.6 Å². The summed E-state index contributed by atoms with van der Waals surface area (Å²) in [4.78, 5) is 6.37. The molecule has 2 unspecified atom stereocenters. The third kappa shape index (κ3) is 2.40. The van der Waals surface area contributed by atoms with E-state index >= 15 is 0 Å². The van der Waals surface area contributed by atoms with Crippen molar-refractivity contribution >= 4 is 16.7 Å². The molecule has 1 aliphatic heterocycles. The number of aliphatic hydroxyl groups excluding tert-OH is 2. The van der Waals surface area contributed by atoms with Crippen molar-refractivity contribution in [2.45, 2.75) is 18.8 Å². The van der Waals surface area contributed by atoms with Gasteiger partial charge < -0.3 is 15.9 Å². The number of benzene rings is 1. The number of aliphatic hydroxyl groups is 2. The normalized spacial score (nSPS) is 24.1. The van der Waals surface area contributed by atoms with Gasteiger partial charge in [0.2, 0.25) is 0 Å². The van der Waals surface area contributed by atoms with Crippen molar-refractivity contribution in [2.24, 2.45) is 0 Å². The first-order valence-corrected chi connectivity index (χ1v) is 6.36. The maximum Gasteiger partial charge on any atom is 0.128 e. The van der Waals surface area contributed by atoms with Crippen molar-refractivity contribution in [1.82, 2.24) is 9.88 Å². The van der Waals surface area contributed by atoms with Gasteiger partial charge in [0.15, 0.2) is 0 Å². The standard InChI is InChI=1S/C14H17N3O2/c15-14-10(6-17-7-12(18)13(19)8-17)5-9-3-1-2-4-11(9)16-14/h1-5,12-13,18-19H,6-8H2,(H2,15,16). The lowest BCUT2D eigenvalue weighted by Gasteiger charge is -2.16. The van der Waals surface area contributed by atoms with Crippen LogP contribution < -0.4 is 5.73 Å². The summed E-state index contributed by atoms with van der Waals surface area (Å²) < 4.78 is 0. The van der Waals surface area contributed by atoms with Crippen LogP contribution in [-0.4, -0.2) is 45.4 Å². The maximum absolute atomic E-state index is 9.55. The molecule has 1 fully saturated rings. The molecule has 5 nitrogen and oxygen atoms in total. The number of likely N-dealkylation sites (tertiary alicyclic amines) is 1. The van der Waals surface area contributed by atoms with E-state index in [1.54, 1.807) is 0 Å². The van der Waals surface area contributed by atoms with E-state index < -0.39 is 12.2 Å². The van der Waals surface area contributed by atoms with Gasteiger partial charge in [0.25, 0.3) is 0 Å². The summed E-state index contributed by atoms with van der Waals surface area (Å²) in [6.45, 7) is 1.53. The minimum atomic E-state index is -0.672. The molecule has 0 spiro atoms. The van der Waals surface area contributed by atoms with Crippen LogP contribution in [0.2, 0.25) is 0 Å². The molecule has 19 heavy (non-hydrogen) atoms.